The first-order chi connectivity index (χ1) is 8.33. The molecular weight excluding hydrogens is 214 g/mol. The average molecular weight is 231 g/mol. The van der Waals surface area contributed by atoms with Crippen LogP contribution in [0.4, 0.5) is 0 Å². The Kier molecular flexibility index (Phi) is 3.91. The number of rotatable bonds is 3. The third kappa shape index (κ3) is 2.73. The molecule has 0 amide bonds. The Balaban J connectivity index is 2.19. The smallest absolute Gasteiger partial charge is 0.309 e. The third-order valence-electron chi connectivity index (χ3n) is 3.13. The topological polar surface area (TPSA) is 39.2 Å². The molecule has 0 aliphatic heterocycles. The minimum absolute atomic E-state index is 0.0656. The van der Waals surface area contributed by atoms with Gasteiger partial charge in [-0.25, -0.2) is 0 Å². The highest BCUT2D eigenvalue weighted by molar-refractivity contribution is 5.74. The molecule has 3 heteroatoms. The van der Waals surface area contributed by atoms with E-state index in [0.717, 1.165) is 18.4 Å². The Morgan fingerprint density at radius 2 is 2.29 bits per heavy atom. The van der Waals surface area contributed by atoms with Crippen molar-refractivity contribution in [1.29, 1.82) is 0 Å². The van der Waals surface area contributed by atoms with Gasteiger partial charge in [-0.05, 0) is 31.4 Å². The van der Waals surface area contributed by atoms with E-state index in [4.69, 9.17) is 4.74 Å². The summed E-state index contributed by atoms with van der Waals surface area (Å²) in [4.78, 5) is 16.0. The van der Waals surface area contributed by atoms with Crippen molar-refractivity contribution < 1.29 is 9.53 Å². The van der Waals surface area contributed by atoms with E-state index in [0.29, 0.717) is 6.61 Å². The van der Waals surface area contributed by atoms with Gasteiger partial charge in [0.05, 0.1) is 12.5 Å². The minimum atomic E-state index is -0.0919. The van der Waals surface area contributed by atoms with Crippen LogP contribution in [0.3, 0.4) is 0 Å². The molecule has 0 saturated carbocycles. The van der Waals surface area contributed by atoms with Gasteiger partial charge in [0, 0.05) is 18.3 Å². The molecule has 2 rings (SSSR count). The summed E-state index contributed by atoms with van der Waals surface area (Å²) in [6.07, 6.45) is 9.44. The number of allylic oxidation sites excluding steroid dienone is 2. The summed E-state index contributed by atoms with van der Waals surface area (Å²) in [5.74, 6) is 0.0441. The molecule has 1 heterocycles. The van der Waals surface area contributed by atoms with Crippen molar-refractivity contribution >= 4 is 5.97 Å². The van der Waals surface area contributed by atoms with Crippen LogP contribution >= 0.6 is 0 Å². The second-order valence-corrected chi connectivity index (χ2v) is 4.19. The summed E-state index contributed by atoms with van der Waals surface area (Å²) < 4.78 is 5.14. The second-order valence-electron chi connectivity index (χ2n) is 4.19. The van der Waals surface area contributed by atoms with Crippen molar-refractivity contribution in [3.8, 4) is 0 Å². The number of hydrogen-bond donors (Lipinski definition) is 0. The Morgan fingerprint density at radius 1 is 1.47 bits per heavy atom. The summed E-state index contributed by atoms with van der Waals surface area (Å²) in [6.45, 7) is 2.29. The molecule has 3 nitrogen and oxygen atoms in total. The van der Waals surface area contributed by atoms with Crippen LogP contribution in [0.2, 0.25) is 0 Å². The van der Waals surface area contributed by atoms with Gasteiger partial charge in [0.2, 0.25) is 0 Å². The molecule has 90 valence electrons. The van der Waals surface area contributed by atoms with Crippen LogP contribution < -0.4 is 0 Å². The fraction of sp³-hybridized carbons (Fsp3) is 0.429. The minimum Gasteiger partial charge on any atom is -0.466 e. The molecule has 1 aliphatic carbocycles. The number of carbonyl (C=O) groups is 1. The van der Waals surface area contributed by atoms with Gasteiger partial charge in [-0.15, -0.1) is 0 Å². The Bertz CT molecular complexity index is 400. The largest absolute Gasteiger partial charge is 0.466 e. The Labute approximate surface area is 102 Å². The number of pyridine rings is 1. The maximum absolute atomic E-state index is 11.9. The van der Waals surface area contributed by atoms with E-state index in [9.17, 15) is 4.79 Å². The van der Waals surface area contributed by atoms with Crippen molar-refractivity contribution in [3.63, 3.8) is 0 Å². The zero-order valence-corrected chi connectivity index (χ0v) is 10.0. The monoisotopic (exact) mass is 231 g/mol. The molecule has 1 aliphatic rings. The molecule has 1 aromatic rings. The summed E-state index contributed by atoms with van der Waals surface area (Å²) in [5.41, 5.74) is 1.12. The number of hydrogen-bond acceptors (Lipinski definition) is 3. The lowest BCUT2D eigenvalue weighted by Crippen LogP contribution is -2.26. The number of ether oxygens (including phenoxy) is 1. The number of esters is 1. The number of aromatic nitrogens is 1. The predicted molar refractivity (Wildman–Crippen MR) is 65.5 cm³/mol. The van der Waals surface area contributed by atoms with Crippen molar-refractivity contribution in [2.24, 2.45) is 5.92 Å². The van der Waals surface area contributed by atoms with Gasteiger partial charge < -0.3 is 4.74 Å². The molecule has 17 heavy (non-hydrogen) atoms. The fourth-order valence-electron chi connectivity index (χ4n) is 2.29. The van der Waals surface area contributed by atoms with Gasteiger partial charge in [0.25, 0.3) is 0 Å². The van der Waals surface area contributed by atoms with Gasteiger partial charge in [0.1, 0.15) is 0 Å². The van der Waals surface area contributed by atoms with Crippen molar-refractivity contribution in [1.82, 2.24) is 4.98 Å². The van der Waals surface area contributed by atoms with Gasteiger partial charge in [0.15, 0.2) is 0 Å². The van der Waals surface area contributed by atoms with Gasteiger partial charge in [-0.3, -0.25) is 9.78 Å². The van der Waals surface area contributed by atoms with Crippen LogP contribution in [0.1, 0.15) is 31.2 Å². The molecule has 0 fully saturated rings. The quantitative estimate of drug-likeness (QED) is 0.593. The first kappa shape index (κ1) is 11.8. The maximum atomic E-state index is 11.9. The van der Waals surface area contributed by atoms with Crippen LogP contribution in [0.25, 0.3) is 0 Å². The Hall–Kier alpha value is -1.64. The lowest BCUT2D eigenvalue weighted by molar-refractivity contribution is -0.148. The first-order valence-electron chi connectivity index (χ1n) is 6.04. The lowest BCUT2D eigenvalue weighted by atomic mass is 9.79. The highest BCUT2D eigenvalue weighted by Gasteiger charge is 2.31. The highest BCUT2D eigenvalue weighted by atomic mass is 16.5. The molecule has 0 unspecified atom stereocenters. The van der Waals surface area contributed by atoms with Crippen LogP contribution in [0, 0.1) is 5.92 Å². The maximum Gasteiger partial charge on any atom is 0.309 e. The van der Waals surface area contributed by atoms with E-state index in [1.54, 1.807) is 6.20 Å². The standard InChI is InChI=1S/C14H17NO2/c1-2-17-14(16)13-8-4-3-7-12(13)11-6-5-9-15-10-11/h3-6,9-10,12-13H,2,7-8H2,1H3/t12-,13-/m0/s1. The summed E-state index contributed by atoms with van der Waals surface area (Å²) in [6, 6.07) is 3.94. The molecule has 2 atom stereocenters. The van der Waals surface area contributed by atoms with E-state index in [1.807, 2.05) is 25.3 Å². The van der Waals surface area contributed by atoms with Crippen molar-refractivity contribution in [3.05, 3.63) is 42.2 Å². The average Bonchev–Trinajstić information content (AvgIpc) is 2.40. The molecule has 0 saturated heterocycles. The van der Waals surface area contributed by atoms with Crippen molar-refractivity contribution in [2.75, 3.05) is 6.61 Å². The zero-order valence-electron chi connectivity index (χ0n) is 10.0. The molecule has 0 radical (unpaired) electrons. The van der Waals surface area contributed by atoms with E-state index >= 15 is 0 Å². The first-order valence-corrected chi connectivity index (χ1v) is 6.04. The molecular formula is C14H17NO2. The third-order valence-corrected chi connectivity index (χ3v) is 3.13. The summed E-state index contributed by atoms with van der Waals surface area (Å²) >= 11 is 0. The number of nitrogens with zero attached hydrogens (tertiary/aromatic N) is 1. The fourth-order valence-corrected chi connectivity index (χ4v) is 2.29. The molecule has 0 aromatic carbocycles. The molecule has 1 aromatic heterocycles. The Morgan fingerprint density at radius 3 is 3.00 bits per heavy atom. The SMILES string of the molecule is CCOC(=O)[C@H]1CC=CC[C@H]1c1cccnc1. The van der Waals surface area contributed by atoms with E-state index in [2.05, 4.69) is 17.1 Å². The van der Waals surface area contributed by atoms with Gasteiger partial charge in [-0.2, -0.15) is 0 Å². The lowest BCUT2D eigenvalue weighted by Gasteiger charge is -2.26. The van der Waals surface area contributed by atoms with Crippen LogP contribution in [-0.4, -0.2) is 17.6 Å². The highest BCUT2D eigenvalue weighted by Crippen LogP contribution is 2.34. The van der Waals surface area contributed by atoms with Crippen LogP contribution in [0.5, 0.6) is 0 Å². The van der Waals surface area contributed by atoms with E-state index < -0.39 is 0 Å². The van der Waals surface area contributed by atoms with Crippen molar-refractivity contribution in [2.45, 2.75) is 25.7 Å². The van der Waals surface area contributed by atoms with Crippen LogP contribution in [0.15, 0.2) is 36.7 Å². The molecule has 0 bridgehead atoms. The normalized spacial score (nSPS) is 23.4. The second kappa shape index (κ2) is 5.62. The van der Waals surface area contributed by atoms with E-state index in [1.165, 1.54) is 0 Å². The molecule has 0 N–H and O–H groups in total. The number of carbonyl (C=O) groups excluding carboxylic acids is 1. The van der Waals surface area contributed by atoms with Crippen LogP contribution in [-0.2, 0) is 9.53 Å². The van der Waals surface area contributed by atoms with E-state index in [-0.39, 0.29) is 17.8 Å². The van der Waals surface area contributed by atoms with Gasteiger partial charge >= 0.3 is 5.97 Å². The summed E-state index contributed by atoms with van der Waals surface area (Å²) in [7, 11) is 0. The zero-order chi connectivity index (χ0) is 12.1. The predicted octanol–water partition coefficient (Wildman–Crippen LogP) is 2.69. The van der Waals surface area contributed by atoms with Gasteiger partial charge in [-0.1, -0.05) is 18.2 Å². The molecule has 0 spiro atoms. The summed E-state index contributed by atoms with van der Waals surface area (Å²) in [5, 5.41) is 0.